The fourth-order valence-corrected chi connectivity index (χ4v) is 3.48. The maximum atomic E-state index is 12.3. The van der Waals surface area contributed by atoms with Gasteiger partial charge in [0.05, 0.1) is 6.61 Å². The zero-order valence-corrected chi connectivity index (χ0v) is 15.1. The topological polar surface area (TPSA) is 26.3 Å². The maximum absolute atomic E-state index is 12.3. The van der Waals surface area contributed by atoms with Gasteiger partial charge in [0.15, 0.2) is 5.78 Å². The average Bonchev–Trinajstić information content (AvgIpc) is 2.65. The molecule has 2 aromatic rings. The van der Waals surface area contributed by atoms with Gasteiger partial charge in [-0.1, -0.05) is 49.7 Å². The molecular weight excluding hydrogens is 308 g/mol. The summed E-state index contributed by atoms with van der Waals surface area (Å²) < 4.78 is 5.49. The average molecular weight is 334 g/mol. The van der Waals surface area contributed by atoms with Crippen molar-refractivity contribution in [3.63, 3.8) is 0 Å². The van der Waals surface area contributed by atoms with Crippen molar-refractivity contribution >= 4 is 11.4 Å². The lowest BCUT2D eigenvalue weighted by Gasteiger charge is -2.20. The molecule has 0 bridgehead atoms. The SMILES string of the molecule is CCCC1CCC(c2ccc(-c3ccc(OCC)cc3)cc2)=CC1=O. The van der Waals surface area contributed by atoms with E-state index in [2.05, 4.69) is 43.3 Å². The number of allylic oxidation sites excluding steroid dienone is 2. The second kappa shape index (κ2) is 8.15. The van der Waals surface area contributed by atoms with Gasteiger partial charge in [0.25, 0.3) is 0 Å². The predicted molar refractivity (Wildman–Crippen MR) is 104 cm³/mol. The number of carbonyl (C=O) groups excluding carboxylic acids is 1. The van der Waals surface area contributed by atoms with Crippen molar-refractivity contribution in [3.8, 4) is 16.9 Å². The van der Waals surface area contributed by atoms with Gasteiger partial charge in [-0.25, -0.2) is 0 Å². The van der Waals surface area contributed by atoms with Gasteiger partial charge in [0, 0.05) is 5.92 Å². The van der Waals surface area contributed by atoms with Crippen LogP contribution in [0.5, 0.6) is 5.75 Å². The summed E-state index contributed by atoms with van der Waals surface area (Å²) in [5.41, 5.74) is 4.69. The minimum absolute atomic E-state index is 0.233. The highest BCUT2D eigenvalue weighted by Crippen LogP contribution is 2.32. The van der Waals surface area contributed by atoms with Crippen molar-refractivity contribution in [2.75, 3.05) is 6.61 Å². The van der Waals surface area contributed by atoms with Crippen LogP contribution in [0.1, 0.15) is 45.1 Å². The first-order valence-electron chi connectivity index (χ1n) is 9.29. The first-order chi connectivity index (χ1) is 12.2. The first-order valence-corrected chi connectivity index (χ1v) is 9.29. The molecule has 1 aliphatic carbocycles. The lowest BCUT2D eigenvalue weighted by atomic mass is 9.83. The number of carbonyl (C=O) groups is 1. The minimum Gasteiger partial charge on any atom is -0.494 e. The van der Waals surface area contributed by atoms with E-state index in [1.807, 2.05) is 25.1 Å². The molecule has 0 saturated carbocycles. The van der Waals surface area contributed by atoms with Crippen molar-refractivity contribution < 1.29 is 9.53 Å². The molecule has 0 radical (unpaired) electrons. The smallest absolute Gasteiger partial charge is 0.159 e. The molecule has 0 aromatic heterocycles. The van der Waals surface area contributed by atoms with E-state index in [0.717, 1.165) is 37.0 Å². The Kier molecular flexibility index (Phi) is 5.70. The third-order valence-electron chi connectivity index (χ3n) is 4.87. The Bertz CT molecular complexity index is 739. The van der Waals surface area contributed by atoms with Crippen LogP contribution in [0.4, 0.5) is 0 Å². The van der Waals surface area contributed by atoms with Crippen molar-refractivity contribution in [1.82, 2.24) is 0 Å². The van der Waals surface area contributed by atoms with E-state index < -0.39 is 0 Å². The van der Waals surface area contributed by atoms with E-state index in [-0.39, 0.29) is 5.92 Å². The third-order valence-corrected chi connectivity index (χ3v) is 4.87. The Morgan fingerprint density at radius 3 is 2.08 bits per heavy atom. The lowest BCUT2D eigenvalue weighted by molar-refractivity contribution is -0.118. The van der Waals surface area contributed by atoms with Gasteiger partial charge in [-0.2, -0.15) is 0 Å². The Balaban J connectivity index is 1.74. The summed E-state index contributed by atoms with van der Waals surface area (Å²) >= 11 is 0. The molecule has 0 amide bonds. The van der Waals surface area contributed by atoms with Crippen molar-refractivity contribution in [2.45, 2.75) is 39.5 Å². The van der Waals surface area contributed by atoms with E-state index in [4.69, 9.17) is 4.74 Å². The van der Waals surface area contributed by atoms with Crippen LogP contribution < -0.4 is 4.74 Å². The molecule has 1 aliphatic rings. The minimum atomic E-state index is 0.233. The van der Waals surface area contributed by atoms with Gasteiger partial charge in [0.2, 0.25) is 0 Å². The van der Waals surface area contributed by atoms with Crippen LogP contribution in [0.25, 0.3) is 16.7 Å². The Labute approximate surface area is 150 Å². The van der Waals surface area contributed by atoms with E-state index in [1.165, 1.54) is 16.7 Å². The van der Waals surface area contributed by atoms with Crippen LogP contribution in [-0.2, 0) is 4.79 Å². The van der Waals surface area contributed by atoms with Gasteiger partial charge >= 0.3 is 0 Å². The van der Waals surface area contributed by atoms with Crippen molar-refractivity contribution in [3.05, 3.63) is 60.2 Å². The number of rotatable bonds is 6. The second-order valence-corrected chi connectivity index (χ2v) is 6.63. The second-order valence-electron chi connectivity index (χ2n) is 6.63. The summed E-state index contributed by atoms with van der Waals surface area (Å²) in [6.07, 6.45) is 5.95. The van der Waals surface area contributed by atoms with Crippen LogP contribution in [0.15, 0.2) is 54.6 Å². The fourth-order valence-electron chi connectivity index (χ4n) is 3.48. The largest absolute Gasteiger partial charge is 0.494 e. The van der Waals surface area contributed by atoms with Crippen LogP contribution in [0.3, 0.4) is 0 Å². The van der Waals surface area contributed by atoms with E-state index in [0.29, 0.717) is 12.4 Å². The molecule has 130 valence electrons. The maximum Gasteiger partial charge on any atom is 0.159 e. The number of ketones is 1. The van der Waals surface area contributed by atoms with Crippen LogP contribution in [0, 0.1) is 5.92 Å². The third kappa shape index (κ3) is 4.19. The number of ether oxygens (including phenoxy) is 1. The Morgan fingerprint density at radius 2 is 1.52 bits per heavy atom. The highest BCUT2D eigenvalue weighted by molar-refractivity contribution is 6.00. The molecule has 2 nitrogen and oxygen atoms in total. The van der Waals surface area contributed by atoms with Crippen molar-refractivity contribution in [2.24, 2.45) is 5.92 Å². The van der Waals surface area contributed by atoms with E-state index in [1.54, 1.807) is 0 Å². The van der Waals surface area contributed by atoms with Gasteiger partial charge < -0.3 is 4.74 Å². The molecule has 1 unspecified atom stereocenters. The number of benzene rings is 2. The fraction of sp³-hybridized carbons (Fsp3) is 0.348. The summed E-state index contributed by atoms with van der Waals surface area (Å²) in [5.74, 6) is 1.44. The monoisotopic (exact) mass is 334 g/mol. The first kappa shape index (κ1) is 17.5. The summed E-state index contributed by atoms with van der Waals surface area (Å²) in [6, 6.07) is 16.7. The highest BCUT2D eigenvalue weighted by atomic mass is 16.5. The summed E-state index contributed by atoms with van der Waals surface area (Å²) in [6.45, 7) is 4.81. The van der Waals surface area contributed by atoms with Gasteiger partial charge in [-0.15, -0.1) is 0 Å². The summed E-state index contributed by atoms with van der Waals surface area (Å²) in [4.78, 5) is 12.3. The number of hydrogen-bond acceptors (Lipinski definition) is 2. The molecule has 0 spiro atoms. The molecule has 3 rings (SSSR count). The standard InChI is InChI=1S/C23H26O2/c1-3-5-20-10-11-21(16-23(20)24)19-8-6-17(7-9-19)18-12-14-22(15-13-18)25-4-2/h6-9,12-16,20H,3-5,10-11H2,1-2H3. The summed E-state index contributed by atoms with van der Waals surface area (Å²) in [5, 5.41) is 0. The van der Waals surface area contributed by atoms with Crippen LogP contribution >= 0.6 is 0 Å². The zero-order valence-electron chi connectivity index (χ0n) is 15.1. The Morgan fingerprint density at radius 1 is 0.920 bits per heavy atom. The molecule has 2 aromatic carbocycles. The molecule has 25 heavy (non-hydrogen) atoms. The quantitative estimate of drug-likeness (QED) is 0.656. The zero-order chi connectivity index (χ0) is 17.6. The van der Waals surface area contributed by atoms with Gasteiger partial charge in [0.1, 0.15) is 5.75 Å². The molecule has 0 aliphatic heterocycles. The number of hydrogen-bond donors (Lipinski definition) is 0. The van der Waals surface area contributed by atoms with E-state index >= 15 is 0 Å². The van der Waals surface area contributed by atoms with Crippen LogP contribution in [-0.4, -0.2) is 12.4 Å². The molecule has 0 N–H and O–H groups in total. The molecule has 2 heteroatoms. The van der Waals surface area contributed by atoms with E-state index in [9.17, 15) is 4.79 Å². The molecule has 0 saturated heterocycles. The Hall–Kier alpha value is -2.35. The van der Waals surface area contributed by atoms with Crippen LogP contribution in [0.2, 0.25) is 0 Å². The molecule has 1 atom stereocenters. The normalized spacial score (nSPS) is 17.3. The van der Waals surface area contributed by atoms with Gasteiger partial charge in [-0.3, -0.25) is 4.79 Å². The lowest BCUT2D eigenvalue weighted by Crippen LogP contribution is -2.16. The summed E-state index contributed by atoms with van der Waals surface area (Å²) in [7, 11) is 0. The predicted octanol–water partition coefficient (Wildman–Crippen LogP) is 5.91. The van der Waals surface area contributed by atoms with Gasteiger partial charge in [-0.05, 0) is 66.7 Å². The van der Waals surface area contributed by atoms with Crippen molar-refractivity contribution in [1.29, 1.82) is 0 Å². The molecule has 0 heterocycles. The highest BCUT2D eigenvalue weighted by Gasteiger charge is 2.21. The molecule has 0 fully saturated rings. The molecular formula is C23H26O2.